The SMILES string of the molecule is c1ccc(-c2nc(-c3ccccc3)nc(-c3cccc4c3sc3c(-c5ccc6c(c5)sc5cccc(-n7c8ccccc8c8ccccc87)c56)cccc34)n2)cc1. The van der Waals surface area contributed by atoms with Crippen LogP contribution in [0.25, 0.3) is 113 Å². The normalized spacial score (nSPS) is 11.9. The molecule has 0 spiro atoms. The summed E-state index contributed by atoms with van der Waals surface area (Å²) in [5.41, 5.74) is 9.04. The minimum Gasteiger partial charge on any atom is -0.309 e. The average Bonchev–Trinajstić information content (AvgIpc) is 3.96. The van der Waals surface area contributed by atoms with Crippen LogP contribution < -0.4 is 0 Å². The van der Waals surface area contributed by atoms with Gasteiger partial charge in [-0.2, -0.15) is 0 Å². The first-order valence-corrected chi connectivity index (χ1v) is 20.7. The minimum absolute atomic E-state index is 0.663. The first-order valence-electron chi connectivity index (χ1n) is 19.0. The van der Waals surface area contributed by atoms with Gasteiger partial charge in [0.25, 0.3) is 0 Å². The van der Waals surface area contributed by atoms with Crippen molar-refractivity contribution in [1.29, 1.82) is 0 Å². The number of hydrogen-bond acceptors (Lipinski definition) is 5. The second-order valence-electron chi connectivity index (χ2n) is 14.3. The first kappa shape index (κ1) is 32.3. The van der Waals surface area contributed by atoms with Crippen molar-refractivity contribution in [3.8, 4) is 51.0 Å². The Morgan fingerprint density at radius 2 is 0.895 bits per heavy atom. The molecule has 12 rings (SSSR count). The number of para-hydroxylation sites is 2. The number of nitrogens with zero attached hydrogens (tertiary/aromatic N) is 4. The molecule has 57 heavy (non-hydrogen) atoms. The van der Waals surface area contributed by atoms with Gasteiger partial charge in [0.1, 0.15) is 0 Å². The number of fused-ring (bicyclic) bond motifs is 9. The molecule has 0 aliphatic carbocycles. The first-order chi connectivity index (χ1) is 28.3. The number of hydrogen-bond donors (Lipinski definition) is 0. The molecule has 0 aliphatic heterocycles. The molecule has 4 aromatic heterocycles. The summed E-state index contributed by atoms with van der Waals surface area (Å²) in [6.45, 7) is 0. The van der Waals surface area contributed by atoms with Crippen molar-refractivity contribution in [2.24, 2.45) is 0 Å². The molecule has 0 amide bonds. The Labute approximate surface area is 335 Å². The third-order valence-electron chi connectivity index (χ3n) is 11.1. The van der Waals surface area contributed by atoms with Crippen LogP contribution >= 0.6 is 22.7 Å². The molecule has 0 atom stereocenters. The van der Waals surface area contributed by atoms with Crippen molar-refractivity contribution >= 4 is 84.8 Å². The van der Waals surface area contributed by atoms with E-state index in [1.807, 2.05) is 59.1 Å². The van der Waals surface area contributed by atoms with Crippen molar-refractivity contribution in [3.05, 3.63) is 182 Å². The van der Waals surface area contributed by atoms with Gasteiger partial charge in [-0.05, 0) is 47.5 Å². The lowest BCUT2D eigenvalue weighted by Crippen LogP contribution is -2.00. The predicted octanol–water partition coefficient (Wildman–Crippen LogP) is 14.4. The molecule has 4 heterocycles. The maximum atomic E-state index is 5.10. The van der Waals surface area contributed by atoms with Crippen LogP contribution in [-0.4, -0.2) is 19.5 Å². The molecule has 0 aliphatic rings. The summed E-state index contributed by atoms with van der Waals surface area (Å²) in [6.07, 6.45) is 0. The average molecular weight is 763 g/mol. The van der Waals surface area contributed by atoms with Gasteiger partial charge in [-0.3, -0.25) is 0 Å². The van der Waals surface area contributed by atoms with Gasteiger partial charge in [-0.1, -0.05) is 146 Å². The van der Waals surface area contributed by atoms with Crippen LogP contribution in [0.2, 0.25) is 0 Å². The summed E-state index contributed by atoms with van der Waals surface area (Å²) >= 11 is 3.69. The van der Waals surface area contributed by atoms with Crippen LogP contribution in [0.5, 0.6) is 0 Å². The van der Waals surface area contributed by atoms with Crippen LogP contribution in [0.15, 0.2) is 182 Å². The van der Waals surface area contributed by atoms with E-state index < -0.39 is 0 Å². The molecule has 0 fully saturated rings. The van der Waals surface area contributed by atoms with Crippen molar-refractivity contribution in [2.75, 3.05) is 0 Å². The van der Waals surface area contributed by atoms with Crippen molar-refractivity contribution < 1.29 is 0 Å². The van der Waals surface area contributed by atoms with E-state index in [4.69, 9.17) is 15.0 Å². The van der Waals surface area contributed by atoms with Crippen molar-refractivity contribution in [3.63, 3.8) is 0 Å². The molecule has 0 saturated heterocycles. The number of benzene rings is 8. The number of thiophene rings is 2. The molecule has 12 aromatic rings. The highest BCUT2D eigenvalue weighted by atomic mass is 32.1. The lowest BCUT2D eigenvalue weighted by Gasteiger charge is -2.10. The highest BCUT2D eigenvalue weighted by Crippen LogP contribution is 2.46. The van der Waals surface area contributed by atoms with Crippen LogP contribution in [0.1, 0.15) is 0 Å². The van der Waals surface area contributed by atoms with Gasteiger partial charge in [0, 0.05) is 67.8 Å². The summed E-state index contributed by atoms with van der Waals surface area (Å²) < 4.78 is 7.44. The molecule has 6 heteroatoms. The number of aromatic nitrogens is 4. The fourth-order valence-electron chi connectivity index (χ4n) is 8.50. The Morgan fingerprint density at radius 1 is 0.351 bits per heavy atom. The predicted molar refractivity (Wildman–Crippen MR) is 242 cm³/mol. The zero-order chi connectivity index (χ0) is 37.5. The molecule has 0 radical (unpaired) electrons. The third-order valence-corrected chi connectivity index (χ3v) is 13.5. The third kappa shape index (κ3) is 5.08. The van der Waals surface area contributed by atoms with Crippen molar-refractivity contribution in [1.82, 2.24) is 19.5 Å². The van der Waals surface area contributed by atoms with Crippen molar-refractivity contribution in [2.45, 2.75) is 0 Å². The molecule has 0 N–H and O–H groups in total. The zero-order valence-electron chi connectivity index (χ0n) is 30.4. The molecule has 4 nitrogen and oxygen atoms in total. The van der Waals surface area contributed by atoms with Gasteiger partial charge in [-0.15, -0.1) is 22.7 Å². The lowest BCUT2D eigenvalue weighted by molar-refractivity contribution is 1.08. The van der Waals surface area contributed by atoms with Crippen LogP contribution in [0, 0.1) is 0 Å². The van der Waals surface area contributed by atoms with E-state index in [0.29, 0.717) is 17.5 Å². The fourth-order valence-corrected chi connectivity index (χ4v) is 11.0. The van der Waals surface area contributed by atoms with E-state index in [0.717, 1.165) is 16.7 Å². The summed E-state index contributed by atoms with van der Waals surface area (Å²) in [6, 6.07) is 64.8. The van der Waals surface area contributed by atoms with E-state index in [9.17, 15) is 0 Å². The molecule has 0 unspecified atom stereocenters. The van der Waals surface area contributed by atoms with Gasteiger partial charge >= 0.3 is 0 Å². The van der Waals surface area contributed by atoms with Crippen LogP contribution in [-0.2, 0) is 0 Å². The molecule has 0 saturated carbocycles. The van der Waals surface area contributed by atoms with E-state index in [1.54, 1.807) is 0 Å². The monoisotopic (exact) mass is 762 g/mol. The largest absolute Gasteiger partial charge is 0.309 e. The standard InChI is InChI=1S/C51H30N4S2/c1-3-14-31(15-4-1)49-52-50(32-16-5-2-6-17-32)54-51(53-49)40-23-12-22-38-37-21-11-20-34(47(37)57-48(38)40)33-28-29-39-45(30-33)56-44-27-13-26-43(46(39)44)55-41-24-9-7-18-35(41)36-19-8-10-25-42(36)55/h1-30H. The Morgan fingerprint density at radius 3 is 1.56 bits per heavy atom. The van der Waals surface area contributed by atoms with E-state index in [1.165, 1.54) is 79.0 Å². The molecular weight excluding hydrogens is 733 g/mol. The molecule has 8 aromatic carbocycles. The highest BCUT2D eigenvalue weighted by molar-refractivity contribution is 7.27. The fraction of sp³-hybridized carbons (Fsp3) is 0. The topological polar surface area (TPSA) is 43.6 Å². The van der Waals surface area contributed by atoms with Crippen LogP contribution in [0.3, 0.4) is 0 Å². The Hall–Kier alpha value is -6.99. The van der Waals surface area contributed by atoms with E-state index in [-0.39, 0.29) is 0 Å². The quantitative estimate of drug-likeness (QED) is 0.175. The second kappa shape index (κ2) is 12.8. The smallest absolute Gasteiger partial charge is 0.165 e. The van der Waals surface area contributed by atoms with Gasteiger partial charge < -0.3 is 4.57 Å². The van der Waals surface area contributed by atoms with Gasteiger partial charge in [0.2, 0.25) is 0 Å². The second-order valence-corrected chi connectivity index (χ2v) is 16.4. The summed E-state index contributed by atoms with van der Waals surface area (Å²) in [7, 11) is 0. The maximum absolute atomic E-state index is 5.10. The Kier molecular flexibility index (Phi) is 7.24. The van der Waals surface area contributed by atoms with Crippen LogP contribution in [0.4, 0.5) is 0 Å². The van der Waals surface area contributed by atoms with E-state index >= 15 is 0 Å². The molecule has 0 bridgehead atoms. The lowest BCUT2D eigenvalue weighted by atomic mass is 10.0. The Balaban J connectivity index is 1.02. The van der Waals surface area contributed by atoms with Gasteiger partial charge in [0.15, 0.2) is 17.5 Å². The molecule has 266 valence electrons. The van der Waals surface area contributed by atoms with E-state index in [2.05, 4.69) is 150 Å². The summed E-state index contributed by atoms with van der Waals surface area (Å²) in [4.78, 5) is 15.1. The summed E-state index contributed by atoms with van der Waals surface area (Å²) in [5, 5.41) is 7.56. The highest BCUT2D eigenvalue weighted by Gasteiger charge is 2.20. The molecular formula is C51H30N4S2. The maximum Gasteiger partial charge on any atom is 0.165 e. The summed E-state index contributed by atoms with van der Waals surface area (Å²) in [5.74, 6) is 2.00. The Bertz CT molecular complexity index is 3410. The zero-order valence-corrected chi connectivity index (χ0v) is 32.1. The minimum atomic E-state index is 0.663. The van der Waals surface area contributed by atoms with Gasteiger partial charge in [0.05, 0.1) is 16.7 Å². The number of rotatable bonds is 5. The van der Waals surface area contributed by atoms with Gasteiger partial charge in [-0.25, -0.2) is 15.0 Å².